The highest BCUT2D eigenvalue weighted by molar-refractivity contribution is 7.51. The first kappa shape index (κ1) is 34.2. The van der Waals surface area contributed by atoms with Crippen molar-refractivity contribution in [3.63, 3.8) is 0 Å². The molecule has 2 aliphatic rings. The molecule has 3 atom stereocenters. The molecule has 0 spiro atoms. The first-order valence-electron chi connectivity index (χ1n) is 14.9. The molecule has 3 rings (SSSR count). The minimum atomic E-state index is -4.67. The van der Waals surface area contributed by atoms with Crippen LogP contribution in [0.25, 0.3) is 0 Å². The fourth-order valence-electron chi connectivity index (χ4n) is 6.03. The van der Waals surface area contributed by atoms with Gasteiger partial charge in [0.05, 0.1) is 19.4 Å². The number of aryl methyl sites for hydroxylation is 1. The van der Waals surface area contributed by atoms with Gasteiger partial charge in [-0.05, 0) is 70.4 Å². The molecule has 236 valence electrons. The number of ether oxygens (including phenoxy) is 2. The fourth-order valence-corrected chi connectivity index (χ4v) is 6.94. The van der Waals surface area contributed by atoms with Gasteiger partial charge in [0.2, 0.25) is 11.6 Å². The third-order valence-corrected chi connectivity index (χ3v) is 9.14. The molecule has 1 heterocycles. The summed E-state index contributed by atoms with van der Waals surface area (Å²) in [6.45, 7) is 2.31. The largest absolute Gasteiger partial charge is 0.461 e. The minimum absolute atomic E-state index is 0.123. The lowest BCUT2D eigenvalue weighted by atomic mass is 9.94. The Kier molecular flexibility index (Phi) is 13.0. The van der Waals surface area contributed by atoms with Crippen molar-refractivity contribution >= 4 is 25.4 Å². The lowest BCUT2D eigenvalue weighted by Crippen LogP contribution is -2.76. The normalized spacial score (nSPS) is 21.8. The number of hydrogen-bond acceptors (Lipinski definition) is 8. The predicted molar refractivity (Wildman–Crippen MR) is 157 cm³/mol. The summed E-state index contributed by atoms with van der Waals surface area (Å²) in [5.74, 6) is -3.53. The third kappa shape index (κ3) is 9.08. The Morgan fingerprint density at radius 1 is 1.17 bits per heavy atom. The van der Waals surface area contributed by atoms with Crippen LogP contribution in [-0.2, 0) is 34.8 Å². The van der Waals surface area contributed by atoms with Gasteiger partial charge in [0.15, 0.2) is 0 Å². The molecule has 1 aliphatic heterocycles. The molecule has 2 fully saturated rings. The maximum atomic E-state index is 14.5. The van der Waals surface area contributed by atoms with E-state index in [1.165, 1.54) is 6.92 Å². The smallest absolute Gasteiger partial charge is 0.328 e. The third-order valence-electron chi connectivity index (χ3n) is 8.23. The Bertz CT molecular complexity index is 1080. The quantitative estimate of drug-likeness (QED) is 0.168. The molecule has 12 nitrogen and oxygen atoms in total. The molecule has 13 heteroatoms. The van der Waals surface area contributed by atoms with Gasteiger partial charge in [0.25, 0.3) is 5.91 Å². The van der Waals surface area contributed by atoms with Crippen molar-refractivity contribution in [3.8, 4) is 0 Å². The maximum absolute atomic E-state index is 14.5. The van der Waals surface area contributed by atoms with Crippen molar-refractivity contribution in [2.45, 2.75) is 82.5 Å². The van der Waals surface area contributed by atoms with Gasteiger partial charge < -0.3 is 30.7 Å². The van der Waals surface area contributed by atoms with Crippen LogP contribution in [0.4, 0.5) is 0 Å². The second-order valence-corrected chi connectivity index (χ2v) is 13.1. The van der Waals surface area contributed by atoms with Gasteiger partial charge in [0.1, 0.15) is 12.1 Å². The molecular formula is C29H47N4O8P. The number of rotatable bonds is 15. The standard InChI is InChI=1S/C29H47N4O8P/c1-22(27(35)41-25-14-6-3-7-15-25)33(29(28(31)36)21-40-19-18-32(29)17-9-16-30)26(34)24(20-42(37,38)39)13-8-12-23-10-4-2-5-11-23/h2,4-5,10-11,22,24-25H,3,6-9,12-21,30H2,1H3,(H2,31,36)(H2,37,38,39)/t22-,24?,29?/m0/s1. The van der Waals surface area contributed by atoms with Crippen LogP contribution in [0, 0.1) is 5.92 Å². The van der Waals surface area contributed by atoms with E-state index in [0.29, 0.717) is 45.2 Å². The van der Waals surface area contributed by atoms with E-state index in [9.17, 15) is 28.7 Å². The Balaban J connectivity index is 2.00. The molecule has 0 radical (unpaired) electrons. The van der Waals surface area contributed by atoms with Gasteiger partial charge in [-0.2, -0.15) is 0 Å². The highest BCUT2D eigenvalue weighted by Gasteiger charge is 2.56. The number of amides is 2. The SMILES string of the molecule is C[C@@H](C(=O)OC1CCCCC1)N(C(=O)C(CCCc1ccccc1)CP(=O)(O)O)C1(C(N)=O)COCCN1CCCN. The Hall–Kier alpha value is -2.34. The van der Waals surface area contributed by atoms with Crippen LogP contribution in [0.15, 0.2) is 30.3 Å². The zero-order valence-corrected chi connectivity index (χ0v) is 25.5. The number of carbonyl (C=O) groups is 3. The van der Waals surface area contributed by atoms with Crippen molar-refractivity contribution in [1.82, 2.24) is 9.80 Å². The summed E-state index contributed by atoms with van der Waals surface area (Å²) in [6, 6.07) is 8.27. The predicted octanol–water partition coefficient (Wildman–Crippen LogP) is 1.76. The zero-order chi connectivity index (χ0) is 30.8. The molecule has 2 unspecified atom stereocenters. The maximum Gasteiger partial charge on any atom is 0.328 e. The van der Waals surface area contributed by atoms with E-state index in [2.05, 4.69) is 0 Å². The number of nitrogens with zero attached hydrogens (tertiary/aromatic N) is 2. The lowest BCUT2D eigenvalue weighted by molar-refractivity contribution is -0.196. The number of morpholine rings is 1. The van der Waals surface area contributed by atoms with Crippen molar-refractivity contribution in [1.29, 1.82) is 0 Å². The van der Waals surface area contributed by atoms with Crippen LogP contribution >= 0.6 is 7.60 Å². The number of carbonyl (C=O) groups excluding carboxylic acids is 3. The van der Waals surface area contributed by atoms with Crippen LogP contribution < -0.4 is 11.5 Å². The Morgan fingerprint density at radius 2 is 1.86 bits per heavy atom. The number of esters is 1. The van der Waals surface area contributed by atoms with Gasteiger partial charge in [-0.3, -0.25) is 24.0 Å². The van der Waals surface area contributed by atoms with E-state index >= 15 is 0 Å². The number of primary amides is 1. The number of benzene rings is 1. The van der Waals surface area contributed by atoms with Gasteiger partial charge in [0, 0.05) is 19.0 Å². The molecule has 1 aromatic carbocycles. The molecule has 1 aromatic rings. The van der Waals surface area contributed by atoms with Gasteiger partial charge in [-0.25, -0.2) is 4.79 Å². The van der Waals surface area contributed by atoms with Crippen molar-refractivity contribution in [2.75, 3.05) is 39.0 Å². The summed E-state index contributed by atoms with van der Waals surface area (Å²) in [7, 11) is -4.67. The molecule has 42 heavy (non-hydrogen) atoms. The molecular weight excluding hydrogens is 563 g/mol. The highest BCUT2D eigenvalue weighted by atomic mass is 31.2. The zero-order valence-electron chi connectivity index (χ0n) is 24.6. The summed E-state index contributed by atoms with van der Waals surface area (Å²) >= 11 is 0. The number of hydrogen-bond donors (Lipinski definition) is 4. The molecule has 0 aromatic heterocycles. The number of nitrogens with two attached hydrogens (primary N) is 2. The van der Waals surface area contributed by atoms with E-state index in [-0.39, 0.29) is 32.3 Å². The van der Waals surface area contributed by atoms with Gasteiger partial charge in [-0.15, -0.1) is 0 Å². The van der Waals surface area contributed by atoms with Crippen LogP contribution in [-0.4, -0.2) is 94.2 Å². The average molecular weight is 611 g/mol. The van der Waals surface area contributed by atoms with E-state index in [0.717, 1.165) is 29.7 Å². The summed E-state index contributed by atoms with van der Waals surface area (Å²) in [5, 5.41) is 0. The van der Waals surface area contributed by atoms with E-state index < -0.39 is 49.2 Å². The summed E-state index contributed by atoms with van der Waals surface area (Å²) < 4.78 is 23.8. The Morgan fingerprint density at radius 3 is 2.48 bits per heavy atom. The molecule has 6 N–H and O–H groups in total. The topological polar surface area (TPSA) is 186 Å². The summed E-state index contributed by atoms with van der Waals surface area (Å²) in [4.78, 5) is 64.2. The monoisotopic (exact) mass is 610 g/mol. The second kappa shape index (κ2) is 15.9. The average Bonchev–Trinajstić information content (AvgIpc) is 2.96. The van der Waals surface area contributed by atoms with Crippen LogP contribution in [0.5, 0.6) is 0 Å². The van der Waals surface area contributed by atoms with E-state index in [1.54, 1.807) is 4.90 Å². The highest BCUT2D eigenvalue weighted by Crippen LogP contribution is 2.40. The van der Waals surface area contributed by atoms with Crippen LogP contribution in [0.1, 0.15) is 63.9 Å². The lowest BCUT2D eigenvalue weighted by Gasteiger charge is -2.52. The first-order chi connectivity index (χ1) is 20.0. The molecule has 1 aliphatic carbocycles. The molecule has 2 amide bonds. The Labute approximate surface area is 248 Å². The van der Waals surface area contributed by atoms with Crippen LogP contribution in [0.2, 0.25) is 0 Å². The van der Waals surface area contributed by atoms with E-state index in [4.69, 9.17) is 20.9 Å². The first-order valence-corrected chi connectivity index (χ1v) is 16.7. The van der Waals surface area contributed by atoms with Gasteiger partial charge in [-0.1, -0.05) is 36.8 Å². The van der Waals surface area contributed by atoms with Crippen molar-refractivity contribution in [2.24, 2.45) is 17.4 Å². The molecule has 0 bridgehead atoms. The van der Waals surface area contributed by atoms with Gasteiger partial charge >= 0.3 is 13.6 Å². The van der Waals surface area contributed by atoms with Crippen molar-refractivity contribution in [3.05, 3.63) is 35.9 Å². The summed E-state index contributed by atoms with van der Waals surface area (Å²) in [6.07, 6.45) is 4.92. The fraction of sp³-hybridized carbons (Fsp3) is 0.690. The molecule has 1 saturated heterocycles. The van der Waals surface area contributed by atoms with E-state index in [1.807, 2.05) is 30.3 Å². The van der Waals surface area contributed by atoms with Crippen molar-refractivity contribution < 1.29 is 38.2 Å². The summed E-state index contributed by atoms with van der Waals surface area (Å²) in [5.41, 5.74) is 10.9. The second-order valence-electron chi connectivity index (χ2n) is 11.4. The minimum Gasteiger partial charge on any atom is -0.461 e. The molecule has 1 saturated carbocycles. The van der Waals surface area contributed by atoms with Crippen LogP contribution in [0.3, 0.4) is 0 Å².